The van der Waals surface area contributed by atoms with Crippen LogP contribution >= 0.6 is 0 Å². The van der Waals surface area contributed by atoms with Crippen LogP contribution in [0.4, 0.5) is 0 Å². The van der Waals surface area contributed by atoms with Gasteiger partial charge in [-0.05, 0) is 44.0 Å². The Morgan fingerprint density at radius 2 is 1.50 bits per heavy atom. The van der Waals surface area contributed by atoms with Crippen molar-refractivity contribution in [2.24, 2.45) is 0 Å². The third kappa shape index (κ3) is 4.50. The molecule has 0 aliphatic heterocycles. The van der Waals surface area contributed by atoms with Crippen molar-refractivity contribution in [3.05, 3.63) is 29.3 Å². The summed E-state index contributed by atoms with van der Waals surface area (Å²) >= 11 is 0. The van der Waals surface area contributed by atoms with E-state index in [9.17, 15) is 0 Å². The molecule has 0 fully saturated rings. The fourth-order valence-corrected chi connectivity index (χ4v) is 0.951. The zero-order chi connectivity index (χ0) is 9.56. The first-order chi connectivity index (χ1) is 5.60. The molecule has 0 bridgehead atoms. The van der Waals surface area contributed by atoms with Crippen LogP contribution in [-0.4, -0.2) is 11.4 Å². The molecule has 1 rings (SSSR count). The molecular formula is C10H14O2. The summed E-state index contributed by atoms with van der Waals surface area (Å²) in [6.07, 6.45) is 0.750. The van der Waals surface area contributed by atoms with E-state index >= 15 is 0 Å². The van der Waals surface area contributed by atoms with Gasteiger partial charge in [0.25, 0.3) is 0 Å². The Kier molecular flexibility index (Phi) is 4.77. The Morgan fingerprint density at radius 3 is 1.75 bits per heavy atom. The molecule has 0 spiro atoms. The number of phenols is 1. The normalized spacial score (nSPS) is 8.25. The molecule has 0 heterocycles. The second-order valence-electron chi connectivity index (χ2n) is 2.58. The summed E-state index contributed by atoms with van der Waals surface area (Å²) in [5.41, 5.74) is 2.21. The average Bonchev–Trinajstić information content (AvgIpc) is 1.84. The van der Waals surface area contributed by atoms with Crippen molar-refractivity contribution in [1.82, 2.24) is 0 Å². The molecule has 66 valence electrons. The van der Waals surface area contributed by atoms with Crippen LogP contribution in [0.25, 0.3) is 0 Å². The van der Waals surface area contributed by atoms with E-state index in [-0.39, 0.29) is 0 Å². The lowest BCUT2D eigenvalue weighted by molar-refractivity contribution is -0.106. The van der Waals surface area contributed by atoms with Crippen molar-refractivity contribution >= 4 is 6.29 Å². The molecule has 0 saturated carbocycles. The number of hydrogen-bond donors (Lipinski definition) is 1. The van der Waals surface area contributed by atoms with Gasteiger partial charge in [-0.3, -0.25) is 0 Å². The molecule has 1 N–H and O–H groups in total. The molecule has 0 amide bonds. The third-order valence-corrected chi connectivity index (χ3v) is 1.21. The van der Waals surface area contributed by atoms with Crippen molar-refractivity contribution in [2.75, 3.05) is 0 Å². The number of aldehydes is 1. The van der Waals surface area contributed by atoms with Crippen LogP contribution < -0.4 is 0 Å². The minimum atomic E-state index is 0.354. The van der Waals surface area contributed by atoms with E-state index in [4.69, 9.17) is 9.90 Å². The van der Waals surface area contributed by atoms with E-state index in [0.29, 0.717) is 5.75 Å². The standard InChI is InChI=1S/C8H10O.C2H4O/c1-6-3-7(2)5-8(9)4-6;1-2-3/h3-5,9H,1-2H3;2H,1H3. The van der Waals surface area contributed by atoms with Crippen molar-refractivity contribution in [2.45, 2.75) is 20.8 Å². The summed E-state index contributed by atoms with van der Waals surface area (Å²) in [6.45, 7) is 5.37. The monoisotopic (exact) mass is 166 g/mol. The van der Waals surface area contributed by atoms with Crippen molar-refractivity contribution in [3.63, 3.8) is 0 Å². The Hall–Kier alpha value is -1.31. The zero-order valence-corrected chi connectivity index (χ0v) is 7.66. The highest BCUT2D eigenvalue weighted by atomic mass is 16.3. The largest absolute Gasteiger partial charge is 0.508 e. The maximum atomic E-state index is 8.99. The highest BCUT2D eigenvalue weighted by Gasteiger charge is 1.89. The molecule has 1 aromatic carbocycles. The molecule has 0 aromatic heterocycles. The van der Waals surface area contributed by atoms with Crippen molar-refractivity contribution < 1.29 is 9.90 Å². The Labute approximate surface area is 72.9 Å². The van der Waals surface area contributed by atoms with E-state index < -0.39 is 0 Å². The maximum absolute atomic E-state index is 8.99. The first-order valence-corrected chi connectivity index (χ1v) is 3.77. The summed E-state index contributed by atoms with van der Waals surface area (Å²) in [5.74, 6) is 0.354. The molecule has 2 heteroatoms. The number of aryl methyl sites for hydroxylation is 2. The van der Waals surface area contributed by atoms with Gasteiger partial charge in [-0.1, -0.05) is 6.07 Å². The fraction of sp³-hybridized carbons (Fsp3) is 0.300. The smallest absolute Gasteiger partial charge is 0.116 e. The molecule has 0 radical (unpaired) electrons. The van der Waals surface area contributed by atoms with Crippen molar-refractivity contribution in [1.29, 1.82) is 0 Å². The van der Waals surface area contributed by atoms with Gasteiger partial charge in [0.05, 0.1) is 0 Å². The van der Waals surface area contributed by atoms with Crippen LogP contribution in [0.1, 0.15) is 18.1 Å². The van der Waals surface area contributed by atoms with Gasteiger partial charge in [0.2, 0.25) is 0 Å². The van der Waals surface area contributed by atoms with Gasteiger partial charge < -0.3 is 9.90 Å². The zero-order valence-electron chi connectivity index (χ0n) is 7.66. The topological polar surface area (TPSA) is 37.3 Å². The number of aromatic hydroxyl groups is 1. The Bertz CT molecular complexity index is 204. The maximum Gasteiger partial charge on any atom is 0.116 e. The lowest BCUT2D eigenvalue weighted by Crippen LogP contribution is -1.74. The first kappa shape index (κ1) is 10.7. The van der Waals surface area contributed by atoms with Gasteiger partial charge in [-0.2, -0.15) is 0 Å². The van der Waals surface area contributed by atoms with Gasteiger partial charge in [0, 0.05) is 0 Å². The summed E-state index contributed by atoms with van der Waals surface area (Å²) in [6, 6.07) is 5.51. The molecule has 0 aliphatic carbocycles. The summed E-state index contributed by atoms with van der Waals surface area (Å²) in [7, 11) is 0. The van der Waals surface area contributed by atoms with Crippen LogP contribution in [0.2, 0.25) is 0 Å². The number of carbonyl (C=O) groups excluding carboxylic acids is 1. The molecule has 2 nitrogen and oxygen atoms in total. The summed E-state index contributed by atoms with van der Waals surface area (Å²) in [4.78, 5) is 8.81. The molecule has 1 aromatic rings. The molecule has 0 aliphatic rings. The molecule has 0 saturated heterocycles. The van der Waals surface area contributed by atoms with E-state index in [1.54, 1.807) is 12.1 Å². The minimum Gasteiger partial charge on any atom is -0.508 e. The molecular weight excluding hydrogens is 152 g/mol. The highest BCUT2D eigenvalue weighted by molar-refractivity contribution is 5.44. The lowest BCUT2D eigenvalue weighted by atomic mass is 10.1. The lowest BCUT2D eigenvalue weighted by Gasteiger charge is -1.95. The number of hydrogen-bond acceptors (Lipinski definition) is 2. The molecule has 0 unspecified atom stereocenters. The summed E-state index contributed by atoms with van der Waals surface area (Å²) in [5, 5.41) is 8.99. The van der Waals surface area contributed by atoms with Gasteiger partial charge >= 0.3 is 0 Å². The van der Waals surface area contributed by atoms with Crippen LogP contribution in [0.5, 0.6) is 5.75 Å². The minimum absolute atomic E-state index is 0.354. The Morgan fingerprint density at radius 1 is 1.17 bits per heavy atom. The number of benzene rings is 1. The van der Waals surface area contributed by atoms with Gasteiger partial charge in [-0.15, -0.1) is 0 Å². The van der Waals surface area contributed by atoms with Crippen LogP contribution in [0.3, 0.4) is 0 Å². The van der Waals surface area contributed by atoms with Gasteiger partial charge in [0.1, 0.15) is 12.0 Å². The van der Waals surface area contributed by atoms with Crippen LogP contribution in [0.15, 0.2) is 18.2 Å². The van der Waals surface area contributed by atoms with E-state index in [1.807, 2.05) is 19.9 Å². The first-order valence-electron chi connectivity index (χ1n) is 3.77. The molecule has 0 atom stereocenters. The molecule has 12 heavy (non-hydrogen) atoms. The van der Waals surface area contributed by atoms with Crippen molar-refractivity contribution in [3.8, 4) is 5.75 Å². The van der Waals surface area contributed by atoms with E-state index in [0.717, 1.165) is 17.4 Å². The second kappa shape index (κ2) is 5.35. The predicted molar refractivity (Wildman–Crippen MR) is 49.3 cm³/mol. The van der Waals surface area contributed by atoms with Crippen LogP contribution in [0, 0.1) is 13.8 Å². The Balaban J connectivity index is 0.000000354. The average molecular weight is 166 g/mol. The van der Waals surface area contributed by atoms with E-state index in [1.165, 1.54) is 6.92 Å². The SMILES string of the molecule is CC=O.Cc1cc(C)cc(O)c1. The summed E-state index contributed by atoms with van der Waals surface area (Å²) < 4.78 is 0. The number of phenolic OH excluding ortho intramolecular Hbond substituents is 1. The highest BCUT2D eigenvalue weighted by Crippen LogP contribution is 2.13. The fourth-order valence-electron chi connectivity index (χ4n) is 0.951. The van der Waals surface area contributed by atoms with Gasteiger partial charge in [-0.25, -0.2) is 0 Å². The number of rotatable bonds is 0. The third-order valence-electron chi connectivity index (χ3n) is 1.21. The number of carbonyl (C=O) groups is 1. The second-order valence-corrected chi connectivity index (χ2v) is 2.58. The van der Waals surface area contributed by atoms with Gasteiger partial charge in [0.15, 0.2) is 0 Å². The predicted octanol–water partition coefficient (Wildman–Crippen LogP) is 2.21. The van der Waals surface area contributed by atoms with E-state index in [2.05, 4.69) is 0 Å². The quantitative estimate of drug-likeness (QED) is 0.600. The van der Waals surface area contributed by atoms with Crippen LogP contribution in [-0.2, 0) is 4.79 Å².